The van der Waals surface area contributed by atoms with E-state index >= 15 is 0 Å². The summed E-state index contributed by atoms with van der Waals surface area (Å²) in [6, 6.07) is 10.00. The van der Waals surface area contributed by atoms with E-state index in [0.717, 1.165) is 11.1 Å². The second-order valence-corrected chi connectivity index (χ2v) is 5.82. The normalized spacial score (nSPS) is 20.8. The molecule has 21 heavy (non-hydrogen) atoms. The van der Waals surface area contributed by atoms with Gasteiger partial charge in [0.05, 0.1) is 0 Å². The van der Waals surface area contributed by atoms with Crippen molar-refractivity contribution in [2.75, 3.05) is 7.05 Å². The summed E-state index contributed by atoms with van der Waals surface area (Å²) in [6.07, 6.45) is 0.372. The standard InChI is InChI=1S/C16H14Cl2FNO/c1-20-13-8-15(16-11(17)3-2-4-12(16)18)21-14-7-9(19)5-6-10(13)14/h2-7,13,15,20H,8H2,1H3. The van der Waals surface area contributed by atoms with E-state index in [2.05, 4.69) is 5.32 Å². The molecule has 5 heteroatoms. The molecule has 0 bridgehead atoms. The Morgan fingerprint density at radius 2 is 1.90 bits per heavy atom. The number of fused-ring (bicyclic) bond motifs is 1. The van der Waals surface area contributed by atoms with Crippen LogP contribution in [-0.2, 0) is 0 Å². The topological polar surface area (TPSA) is 21.3 Å². The molecule has 0 aromatic heterocycles. The third-order valence-electron chi connectivity index (χ3n) is 3.74. The highest BCUT2D eigenvalue weighted by atomic mass is 35.5. The van der Waals surface area contributed by atoms with E-state index in [4.69, 9.17) is 27.9 Å². The third-order valence-corrected chi connectivity index (χ3v) is 4.40. The number of ether oxygens (including phenoxy) is 1. The minimum absolute atomic E-state index is 0.0617. The quantitative estimate of drug-likeness (QED) is 0.846. The molecule has 2 nitrogen and oxygen atoms in total. The van der Waals surface area contributed by atoms with Crippen molar-refractivity contribution in [3.05, 3.63) is 63.4 Å². The van der Waals surface area contributed by atoms with Gasteiger partial charge in [0.15, 0.2) is 0 Å². The van der Waals surface area contributed by atoms with E-state index in [1.807, 2.05) is 7.05 Å². The fourth-order valence-corrected chi connectivity index (χ4v) is 3.35. The van der Waals surface area contributed by atoms with Gasteiger partial charge in [-0.1, -0.05) is 35.3 Å². The highest BCUT2D eigenvalue weighted by Crippen LogP contribution is 2.44. The third kappa shape index (κ3) is 2.73. The molecule has 1 aliphatic heterocycles. The number of rotatable bonds is 2. The van der Waals surface area contributed by atoms with Crippen molar-refractivity contribution in [2.45, 2.75) is 18.6 Å². The van der Waals surface area contributed by atoms with E-state index in [0.29, 0.717) is 22.2 Å². The summed E-state index contributed by atoms with van der Waals surface area (Å²) in [7, 11) is 1.87. The van der Waals surface area contributed by atoms with Gasteiger partial charge in [-0.15, -0.1) is 0 Å². The van der Waals surface area contributed by atoms with Gasteiger partial charge in [-0.25, -0.2) is 4.39 Å². The van der Waals surface area contributed by atoms with Crippen molar-refractivity contribution in [1.29, 1.82) is 0 Å². The maximum atomic E-state index is 13.5. The van der Waals surface area contributed by atoms with E-state index in [1.165, 1.54) is 12.1 Å². The van der Waals surface area contributed by atoms with Crippen LogP contribution in [0, 0.1) is 5.82 Å². The van der Waals surface area contributed by atoms with Gasteiger partial charge in [0.1, 0.15) is 17.7 Å². The Balaban J connectivity index is 2.04. The van der Waals surface area contributed by atoms with Crippen LogP contribution in [0.5, 0.6) is 5.75 Å². The lowest BCUT2D eigenvalue weighted by Gasteiger charge is -2.33. The van der Waals surface area contributed by atoms with Gasteiger partial charge in [0.25, 0.3) is 0 Å². The zero-order valence-corrected chi connectivity index (χ0v) is 12.9. The van der Waals surface area contributed by atoms with Crippen LogP contribution in [0.15, 0.2) is 36.4 Å². The van der Waals surface area contributed by atoms with Gasteiger partial charge >= 0.3 is 0 Å². The van der Waals surface area contributed by atoms with Crippen molar-refractivity contribution in [1.82, 2.24) is 5.32 Å². The largest absolute Gasteiger partial charge is 0.485 e. The van der Waals surface area contributed by atoms with Gasteiger partial charge in [-0.2, -0.15) is 0 Å². The molecule has 1 heterocycles. The summed E-state index contributed by atoms with van der Waals surface area (Å²) in [5.74, 6) is 0.205. The van der Waals surface area contributed by atoms with Crippen molar-refractivity contribution in [3.63, 3.8) is 0 Å². The summed E-state index contributed by atoms with van der Waals surface area (Å²) < 4.78 is 19.4. The first-order chi connectivity index (χ1) is 10.1. The minimum atomic E-state index is -0.325. The molecule has 0 fully saturated rings. The molecule has 2 aromatic carbocycles. The fourth-order valence-electron chi connectivity index (χ4n) is 2.71. The molecule has 0 saturated heterocycles. The zero-order valence-electron chi connectivity index (χ0n) is 11.4. The summed E-state index contributed by atoms with van der Waals surface area (Å²) in [6.45, 7) is 0. The van der Waals surface area contributed by atoms with Gasteiger partial charge in [0.2, 0.25) is 0 Å². The maximum Gasteiger partial charge on any atom is 0.128 e. The van der Waals surface area contributed by atoms with Gasteiger partial charge in [-0.05, 0) is 25.2 Å². The van der Waals surface area contributed by atoms with E-state index < -0.39 is 0 Å². The Hall–Kier alpha value is -1.29. The number of hydrogen-bond donors (Lipinski definition) is 1. The van der Waals surface area contributed by atoms with E-state index in [1.54, 1.807) is 24.3 Å². The Kier molecular flexibility index (Phi) is 4.07. The smallest absolute Gasteiger partial charge is 0.128 e. The lowest BCUT2D eigenvalue weighted by molar-refractivity contribution is 0.153. The second kappa shape index (κ2) is 5.84. The maximum absolute atomic E-state index is 13.5. The van der Waals surface area contributed by atoms with E-state index in [9.17, 15) is 4.39 Å². The van der Waals surface area contributed by atoms with Gasteiger partial charge in [0, 0.05) is 39.7 Å². The molecular formula is C16H14Cl2FNO. The summed E-state index contributed by atoms with van der Waals surface area (Å²) in [5, 5.41) is 4.34. The Bertz CT molecular complexity index is 657. The van der Waals surface area contributed by atoms with Crippen LogP contribution < -0.4 is 10.1 Å². The van der Waals surface area contributed by atoms with Crippen molar-refractivity contribution < 1.29 is 9.13 Å². The van der Waals surface area contributed by atoms with Crippen LogP contribution in [0.25, 0.3) is 0 Å². The molecule has 2 atom stereocenters. The zero-order chi connectivity index (χ0) is 15.0. The predicted molar refractivity (Wildman–Crippen MR) is 82.6 cm³/mol. The number of nitrogens with one attached hydrogen (secondary N) is 1. The lowest BCUT2D eigenvalue weighted by Crippen LogP contribution is -2.27. The summed E-state index contributed by atoms with van der Waals surface area (Å²) >= 11 is 12.5. The monoisotopic (exact) mass is 325 g/mol. The molecule has 1 aliphatic rings. The van der Waals surface area contributed by atoms with Crippen LogP contribution in [0.3, 0.4) is 0 Å². The molecule has 2 aromatic rings. The number of halogens is 3. The molecule has 0 aliphatic carbocycles. The molecule has 0 radical (unpaired) electrons. The highest BCUT2D eigenvalue weighted by Gasteiger charge is 2.31. The Morgan fingerprint density at radius 3 is 2.57 bits per heavy atom. The molecule has 1 N–H and O–H groups in total. The molecule has 0 saturated carbocycles. The van der Waals surface area contributed by atoms with Gasteiger partial charge < -0.3 is 10.1 Å². The molecule has 0 spiro atoms. The fraction of sp³-hybridized carbons (Fsp3) is 0.250. The van der Waals surface area contributed by atoms with Crippen LogP contribution in [0.2, 0.25) is 10.0 Å². The average molecular weight is 326 g/mol. The first kappa shape index (κ1) is 14.6. The first-order valence-electron chi connectivity index (χ1n) is 6.67. The highest BCUT2D eigenvalue weighted by molar-refractivity contribution is 6.36. The molecule has 3 rings (SSSR count). The van der Waals surface area contributed by atoms with Crippen LogP contribution >= 0.6 is 23.2 Å². The van der Waals surface area contributed by atoms with Crippen molar-refractivity contribution in [3.8, 4) is 5.75 Å². The lowest BCUT2D eigenvalue weighted by atomic mass is 9.93. The van der Waals surface area contributed by atoms with Gasteiger partial charge in [-0.3, -0.25) is 0 Å². The van der Waals surface area contributed by atoms with Crippen molar-refractivity contribution in [2.24, 2.45) is 0 Å². The first-order valence-corrected chi connectivity index (χ1v) is 7.43. The SMILES string of the molecule is CNC1CC(c2c(Cl)cccc2Cl)Oc2cc(F)ccc21. The predicted octanol–water partition coefficient (Wildman–Crippen LogP) is 4.92. The van der Waals surface area contributed by atoms with E-state index in [-0.39, 0.29) is 18.0 Å². The van der Waals surface area contributed by atoms with Crippen LogP contribution in [-0.4, -0.2) is 7.05 Å². The summed E-state index contributed by atoms with van der Waals surface area (Å²) in [5.41, 5.74) is 1.69. The molecular weight excluding hydrogens is 312 g/mol. The Morgan fingerprint density at radius 1 is 1.19 bits per heavy atom. The second-order valence-electron chi connectivity index (χ2n) is 5.00. The molecule has 110 valence electrons. The molecule has 2 unspecified atom stereocenters. The molecule has 0 amide bonds. The van der Waals surface area contributed by atoms with Crippen LogP contribution in [0.1, 0.15) is 29.7 Å². The summed E-state index contributed by atoms with van der Waals surface area (Å²) in [4.78, 5) is 0. The van der Waals surface area contributed by atoms with Crippen molar-refractivity contribution >= 4 is 23.2 Å². The van der Waals surface area contributed by atoms with Crippen LogP contribution in [0.4, 0.5) is 4.39 Å². The number of benzene rings is 2. The number of hydrogen-bond acceptors (Lipinski definition) is 2. The Labute approximate surface area is 132 Å². The minimum Gasteiger partial charge on any atom is -0.485 e. The average Bonchev–Trinajstić information content (AvgIpc) is 2.45.